The van der Waals surface area contributed by atoms with Gasteiger partial charge in [0, 0.05) is 21.4 Å². The van der Waals surface area contributed by atoms with Crippen molar-refractivity contribution in [2.24, 2.45) is 0 Å². The molecule has 82 valence electrons. The number of hydrogen-bond acceptors (Lipinski definition) is 2. The Labute approximate surface area is 112 Å². The molecule has 0 saturated carbocycles. The Kier molecular flexibility index (Phi) is 3.69. The molecule has 0 unspecified atom stereocenters. The van der Waals surface area contributed by atoms with Crippen molar-refractivity contribution >= 4 is 50.5 Å². The Hall–Kier alpha value is -0.770. The molecule has 0 bridgehead atoms. The van der Waals surface area contributed by atoms with E-state index in [0.29, 0.717) is 10.2 Å². The highest BCUT2D eigenvalue weighted by Gasteiger charge is 2.02. The Morgan fingerprint density at radius 2 is 1.94 bits per heavy atom. The lowest BCUT2D eigenvalue weighted by atomic mass is 10.3. The first-order valence-corrected chi connectivity index (χ1v) is 6.04. The van der Waals surface area contributed by atoms with Crippen LogP contribution < -0.4 is 5.32 Å². The number of halogens is 3. The van der Waals surface area contributed by atoms with Crippen molar-refractivity contribution in [3.05, 3.63) is 51.2 Å². The average Bonchev–Trinajstić information content (AvgIpc) is 2.24. The van der Waals surface area contributed by atoms with Crippen LogP contribution in [0.15, 0.2) is 41.0 Å². The molecule has 1 heterocycles. The zero-order chi connectivity index (χ0) is 11.5. The molecule has 2 rings (SSSR count). The van der Waals surface area contributed by atoms with E-state index in [1.165, 1.54) is 0 Å². The molecule has 1 aromatic heterocycles. The van der Waals surface area contributed by atoms with Gasteiger partial charge in [-0.2, -0.15) is 0 Å². The predicted molar refractivity (Wildman–Crippen MR) is 71.7 cm³/mol. The Balaban J connectivity index is 2.30. The van der Waals surface area contributed by atoms with Gasteiger partial charge in [0.05, 0.1) is 5.69 Å². The average molecular weight is 318 g/mol. The number of anilines is 2. The third-order valence-electron chi connectivity index (χ3n) is 1.93. The van der Waals surface area contributed by atoms with Gasteiger partial charge in [-0.1, -0.05) is 23.2 Å². The van der Waals surface area contributed by atoms with Gasteiger partial charge in [-0.05, 0) is 46.3 Å². The molecular formula is C11H7BrCl2N2. The van der Waals surface area contributed by atoms with Crippen LogP contribution in [0.4, 0.5) is 11.4 Å². The maximum Gasteiger partial charge on any atom is 0.131 e. The second-order valence-electron chi connectivity index (χ2n) is 3.12. The molecule has 1 N–H and O–H groups in total. The van der Waals surface area contributed by atoms with Crippen molar-refractivity contribution in [2.75, 3.05) is 5.32 Å². The standard InChI is InChI=1S/C11H7BrCl2N2/c12-9-2-1-7(13)5-10(9)16-8-3-4-15-11(14)6-8/h1-6H,(H,15,16). The first kappa shape index (κ1) is 11.7. The van der Waals surface area contributed by atoms with Crippen molar-refractivity contribution in [1.82, 2.24) is 4.98 Å². The number of nitrogens with one attached hydrogen (secondary N) is 1. The molecule has 5 heteroatoms. The summed E-state index contributed by atoms with van der Waals surface area (Å²) in [5.41, 5.74) is 1.75. The normalized spacial score (nSPS) is 10.2. The maximum atomic E-state index is 5.92. The summed E-state index contributed by atoms with van der Waals surface area (Å²) in [6.07, 6.45) is 1.64. The Bertz CT molecular complexity index is 517. The quantitative estimate of drug-likeness (QED) is 0.797. The molecule has 2 aromatic rings. The maximum absolute atomic E-state index is 5.92. The topological polar surface area (TPSA) is 24.9 Å². The van der Waals surface area contributed by atoms with Crippen LogP contribution in [0.3, 0.4) is 0 Å². The monoisotopic (exact) mass is 316 g/mol. The molecule has 0 fully saturated rings. The Morgan fingerprint density at radius 3 is 2.69 bits per heavy atom. The minimum atomic E-state index is 0.447. The number of rotatable bonds is 2. The summed E-state index contributed by atoms with van der Waals surface area (Å²) in [7, 11) is 0. The molecule has 16 heavy (non-hydrogen) atoms. The third kappa shape index (κ3) is 2.88. The summed E-state index contributed by atoms with van der Waals surface area (Å²) >= 11 is 15.1. The number of nitrogens with zero attached hydrogens (tertiary/aromatic N) is 1. The molecule has 0 radical (unpaired) electrons. The fraction of sp³-hybridized carbons (Fsp3) is 0. The molecule has 0 amide bonds. The van der Waals surface area contributed by atoms with Crippen LogP contribution in [-0.2, 0) is 0 Å². The van der Waals surface area contributed by atoms with Gasteiger partial charge in [-0.3, -0.25) is 0 Å². The van der Waals surface area contributed by atoms with Crippen molar-refractivity contribution in [1.29, 1.82) is 0 Å². The van der Waals surface area contributed by atoms with Crippen LogP contribution in [0.2, 0.25) is 10.2 Å². The van der Waals surface area contributed by atoms with Crippen LogP contribution >= 0.6 is 39.1 Å². The van der Waals surface area contributed by atoms with Gasteiger partial charge in [0.25, 0.3) is 0 Å². The van der Waals surface area contributed by atoms with Crippen LogP contribution in [0.1, 0.15) is 0 Å². The second kappa shape index (κ2) is 5.04. The number of hydrogen-bond donors (Lipinski definition) is 1. The summed E-state index contributed by atoms with van der Waals surface area (Å²) < 4.78 is 0.935. The fourth-order valence-corrected chi connectivity index (χ4v) is 1.92. The highest BCUT2D eigenvalue weighted by molar-refractivity contribution is 9.10. The lowest BCUT2D eigenvalue weighted by molar-refractivity contribution is 1.32. The van der Waals surface area contributed by atoms with E-state index in [-0.39, 0.29) is 0 Å². The van der Waals surface area contributed by atoms with E-state index in [0.717, 1.165) is 15.8 Å². The number of pyridine rings is 1. The first-order chi connectivity index (χ1) is 7.65. The Morgan fingerprint density at radius 1 is 1.12 bits per heavy atom. The molecule has 2 nitrogen and oxygen atoms in total. The largest absolute Gasteiger partial charge is 0.354 e. The zero-order valence-electron chi connectivity index (χ0n) is 8.05. The molecule has 0 atom stereocenters. The van der Waals surface area contributed by atoms with Gasteiger partial charge in [0.2, 0.25) is 0 Å². The van der Waals surface area contributed by atoms with Crippen molar-refractivity contribution in [3.63, 3.8) is 0 Å². The fourth-order valence-electron chi connectivity index (χ4n) is 1.23. The highest BCUT2D eigenvalue weighted by atomic mass is 79.9. The molecule has 0 aliphatic heterocycles. The summed E-state index contributed by atoms with van der Waals surface area (Å²) in [4.78, 5) is 3.91. The van der Waals surface area contributed by atoms with Gasteiger partial charge >= 0.3 is 0 Å². The number of aromatic nitrogens is 1. The van der Waals surface area contributed by atoms with Crippen LogP contribution in [-0.4, -0.2) is 4.98 Å². The second-order valence-corrected chi connectivity index (χ2v) is 4.79. The summed E-state index contributed by atoms with van der Waals surface area (Å²) in [5, 5.41) is 4.32. The van der Waals surface area contributed by atoms with Crippen molar-refractivity contribution in [2.45, 2.75) is 0 Å². The van der Waals surface area contributed by atoms with Crippen LogP contribution in [0.25, 0.3) is 0 Å². The lowest BCUT2D eigenvalue weighted by Gasteiger charge is -2.08. The number of benzene rings is 1. The van der Waals surface area contributed by atoms with Gasteiger partial charge in [-0.15, -0.1) is 0 Å². The summed E-state index contributed by atoms with van der Waals surface area (Å²) in [6, 6.07) is 9.11. The molecule has 0 aliphatic rings. The smallest absolute Gasteiger partial charge is 0.131 e. The minimum absolute atomic E-state index is 0.447. The van der Waals surface area contributed by atoms with E-state index in [1.807, 2.05) is 24.3 Å². The molecule has 0 spiro atoms. The van der Waals surface area contributed by atoms with Crippen molar-refractivity contribution < 1.29 is 0 Å². The van der Waals surface area contributed by atoms with E-state index >= 15 is 0 Å². The third-order valence-corrected chi connectivity index (χ3v) is 3.07. The van der Waals surface area contributed by atoms with E-state index in [9.17, 15) is 0 Å². The van der Waals surface area contributed by atoms with Gasteiger partial charge in [0.1, 0.15) is 5.15 Å². The van der Waals surface area contributed by atoms with Gasteiger partial charge in [-0.25, -0.2) is 4.98 Å². The summed E-state index contributed by atoms with van der Waals surface area (Å²) in [6.45, 7) is 0. The van der Waals surface area contributed by atoms with Gasteiger partial charge in [0.15, 0.2) is 0 Å². The minimum Gasteiger partial charge on any atom is -0.354 e. The molecule has 0 aliphatic carbocycles. The lowest BCUT2D eigenvalue weighted by Crippen LogP contribution is -1.91. The van der Waals surface area contributed by atoms with Gasteiger partial charge < -0.3 is 5.32 Å². The zero-order valence-corrected chi connectivity index (χ0v) is 11.1. The van der Waals surface area contributed by atoms with Crippen LogP contribution in [0.5, 0.6) is 0 Å². The SMILES string of the molecule is Clc1ccc(Br)c(Nc2ccnc(Cl)c2)c1. The van der Waals surface area contributed by atoms with Crippen molar-refractivity contribution in [3.8, 4) is 0 Å². The molecular weight excluding hydrogens is 311 g/mol. The van der Waals surface area contributed by atoms with Crippen LogP contribution in [0, 0.1) is 0 Å². The van der Waals surface area contributed by atoms with E-state index < -0.39 is 0 Å². The summed E-state index contributed by atoms with van der Waals surface area (Å²) in [5.74, 6) is 0. The van der Waals surface area contributed by atoms with E-state index in [4.69, 9.17) is 23.2 Å². The molecule has 0 saturated heterocycles. The van der Waals surface area contributed by atoms with E-state index in [2.05, 4.69) is 26.2 Å². The van der Waals surface area contributed by atoms with E-state index in [1.54, 1.807) is 12.3 Å². The predicted octanol–water partition coefficient (Wildman–Crippen LogP) is 4.89. The highest BCUT2D eigenvalue weighted by Crippen LogP contribution is 2.29. The first-order valence-electron chi connectivity index (χ1n) is 4.49. The molecule has 1 aromatic carbocycles.